The van der Waals surface area contributed by atoms with Crippen molar-refractivity contribution in [1.82, 2.24) is 5.32 Å². The van der Waals surface area contributed by atoms with Gasteiger partial charge in [-0.3, -0.25) is 9.79 Å². The zero-order chi connectivity index (χ0) is 23.3. The van der Waals surface area contributed by atoms with Crippen LogP contribution in [0.15, 0.2) is 89.8 Å². The normalized spacial score (nSPS) is 15.3. The second-order valence-electron chi connectivity index (χ2n) is 8.40. The topological polar surface area (TPSA) is 59.9 Å². The summed E-state index contributed by atoms with van der Waals surface area (Å²) in [5.41, 5.74) is 5.98. The van der Waals surface area contributed by atoms with Crippen LogP contribution in [-0.4, -0.2) is 31.5 Å². The molecule has 0 saturated carbocycles. The van der Waals surface area contributed by atoms with Gasteiger partial charge in [0.1, 0.15) is 12.0 Å². The number of carbonyl (C=O) groups excluding carboxylic acids is 1. The van der Waals surface area contributed by atoms with Gasteiger partial charge in [-0.05, 0) is 48.2 Å². The third kappa shape index (κ3) is 5.00. The molecule has 6 heteroatoms. The molecule has 1 amide bonds. The summed E-state index contributed by atoms with van der Waals surface area (Å²) < 4.78 is 10.9. The first-order valence-electron chi connectivity index (χ1n) is 11.4. The predicted molar refractivity (Wildman–Crippen MR) is 133 cm³/mol. The first-order valence-corrected chi connectivity index (χ1v) is 11.8. The van der Waals surface area contributed by atoms with Crippen LogP contribution < -0.4 is 5.32 Å². The van der Waals surface area contributed by atoms with Gasteiger partial charge in [-0.2, -0.15) is 0 Å². The van der Waals surface area contributed by atoms with E-state index in [9.17, 15) is 4.79 Å². The molecule has 3 aromatic rings. The summed E-state index contributed by atoms with van der Waals surface area (Å²) in [6.45, 7) is 1.41. The van der Waals surface area contributed by atoms with Gasteiger partial charge in [0, 0.05) is 40.7 Å². The predicted octanol–water partition coefficient (Wildman–Crippen LogP) is 5.17. The SMILES string of the molecule is O=C(NCC(Cc1ccccc1)C1=COCO1)c1ccc(C2=NCCc3ccc(Cl)cc32)cc1. The molecule has 2 aliphatic heterocycles. The van der Waals surface area contributed by atoms with E-state index < -0.39 is 0 Å². The highest BCUT2D eigenvalue weighted by Crippen LogP contribution is 2.25. The van der Waals surface area contributed by atoms with Gasteiger partial charge in [-0.25, -0.2) is 0 Å². The van der Waals surface area contributed by atoms with E-state index in [1.165, 1.54) is 11.1 Å². The largest absolute Gasteiger partial charge is 0.462 e. The van der Waals surface area contributed by atoms with E-state index in [1.54, 1.807) is 6.26 Å². The molecule has 1 atom stereocenters. The highest BCUT2D eigenvalue weighted by molar-refractivity contribution is 6.31. The van der Waals surface area contributed by atoms with E-state index in [1.807, 2.05) is 54.6 Å². The molecule has 0 bridgehead atoms. The second kappa shape index (κ2) is 10.1. The fourth-order valence-corrected chi connectivity index (χ4v) is 4.52. The van der Waals surface area contributed by atoms with Crippen LogP contribution in [0, 0.1) is 5.92 Å². The molecule has 1 N–H and O–H groups in total. The van der Waals surface area contributed by atoms with E-state index >= 15 is 0 Å². The number of rotatable bonds is 7. The number of hydrogen-bond donors (Lipinski definition) is 1. The van der Waals surface area contributed by atoms with Gasteiger partial charge in [0.2, 0.25) is 6.79 Å². The number of carbonyl (C=O) groups is 1. The third-order valence-electron chi connectivity index (χ3n) is 6.13. The third-order valence-corrected chi connectivity index (χ3v) is 6.36. The monoisotopic (exact) mass is 472 g/mol. The Morgan fingerprint density at radius 1 is 1.06 bits per heavy atom. The Hall–Kier alpha value is -3.57. The van der Waals surface area contributed by atoms with Crippen molar-refractivity contribution in [2.45, 2.75) is 12.8 Å². The van der Waals surface area contributed by atoms with Gasteiger partial charge < -0.3 is 14.8 Å². The summed E-state index contributed by atoms with van der Waals surface area (Å²) in [7, 11) is 0. The van der Waals surface area contributed by atoms with E-state index in [0.29, 0.717) is 17.1 Å². The lowest BCUT2D eigenvalue weighted by Gasteiger charge is -2.18. The number of fused-ring (bicyclic) bond motifs is 1. The van der Waals surface area contributed by atoms with E-state index in [0.717, 1.165) is 42.0 Å². The molecule has 5 nitrogen and oxygen atoms in total. The average Bonchev–Trinajstić information content (AvgIpc) is 3.42. The quantitative estimate of drug-likeness (QED) is 0.516. The molecule has 34 heavy (non-hydrogen) atoms. The molecule has 0 spiro atoms. The number of benzene rings is 3. The molecule has 1 unspecified atom stereocenters. The molecule has 0 fully saturated rings. The number of nitrogens with one attached hydrogen (secondary N) is 1. The first-order chi connectivity index (χ1) is 16.7. The summed E-state index contributed by atoms with van der Waals surface area (Å²) in [6, 6.07) is 23.7. The zero-order valence-electron chi connectivity index (χ0n) is 18.7. The molecule has 0 radical (unpaired) electrons. The molecule has 0 aromatic heterocycles. The molecular formula is C28H25ClN2O3. The molecular weight excluding hydrogens is 448 g/mol. The number of nitrogens with zero attached hydrogens (tertiary/aromatic N) is 1. The number of ether oxygens (including phenoxy) is 2. The van der Waals surface area contributed by atoms with Crippen LogP contribution in [0.4, 0.5) is 0 Å². The summed E-state index contributed by atoms with van der Waals surface area (Å²) in [6.07, 6.45) is 3.30. The number of halogens is 1. The Labute approximate surface area is 204 Å². The molecule has 5 rings (SSSR count). The number of amides is 1. The standard InChI is InChI=1S/C28H25ClN2O3/c29-24-11-10-20-12-13-30-27(25(20)15-24)21-6-8-22(9-7-21)28(32)31-16-23(26-17-33-18-34-26)14-19-4-2-1-3-5-19/h1-11,15,17,23H,12-14,16,18H2,(H,31,32). The molecule has 172 valence electrons. The van der Waals surface area contributed by atoms with Crippen LogP contribution in [-0.2, 0) is 22.3 Å². The van der Waals surface area contributed by atoms with Crippen LogP contribution in [0.1, 0.15) is 32.6 Å². The van der Waals surface area contributed by atoms with Gasteiger partial charge in [0.05, 0.1) is 5.71 Å². The van der Waals surface area contributed by atoms with Crippen molar-refractivity contribution >= 4 is 23.2 Å². The summed E-state index contributed by atoms with van der Waals surface area (Å²) in [4.78, 5) is 17.6. The first kappa shape index (κ1) is 22.2. The minimum absolute atomic E-state index is 0.00836. The Morgan fingerprint density at radius 3 is 2.65 bits per heavy atom. The maximum atomic E-state index is 12.9. The van der Waals surface area contributed by atoms with Crippen molar-refractivity contribution in [2.75, 3.05) is 19.9 Å². The highest BCUT2D eigenvalue weighted by atomic mass is 35.5. The van der Waals surface area contributed by atoms with Crippen LogP contribution >= 0.6 is 11.6 Å². The maximum absolute atomic E-state index is 12.9. The van der Waals surface area contributed by atoms with Crippen LogP contribution in [0.2, 0.25) is 5.02 Å². The molecule has 0 aliphatic carbocycles. The van der Waals surface area contributed by atoms with Crippen molar-refractivity contribution in [3.8, 4) is 0 Å². The summed E-state index contributed by atoms with van der Waals surface area (Å²) in [5, 5.41) is 3.75. The maximum Gasteiger partial charge on any atom is 0.251 e. The molecule has 3 aromatic carbocycles. The van der Waals surface area contributed by atoms with Crippen molar-refractivity contribution in [2.24, 2.45) is 10.9 Å². The Bertz CT molecular complexity index is 1240. The minimum Gasteiger partial charge on any atom is -0.462 e. The lowest BCUT2D eigenvalue weighted by atomic mass is 9.93. The van der Waals surface area contributed by atoms with Crippen molar-refractivity contribution < 1.29 is 14.3 Å². The molecule has 0 saturated heterocycles. The fraction of sp³-hybridized carbons (Fsp3) is 0.214. The zero-order valence-corrected chi connectivity index (χ0v) is 19.4. The van der Waals surface area contributed by atoms with Crippen molar-refractivity contribution in [3.05, 3.63) is 118 Å². The van der Waals surface area contributed by atoms with E-state index in [4.69, 9.17) is 26.1 Å². The van der Waals surface area contributed by atoms with Crippen LogP contribution in [0.25, 0.3) is 0 Å². The van der Waals surface area contributed by atoms with Crippen LogP contribution in [0.3, 0.4) is 0 Å². The smallest absolute Gasteiger partial charge is 0.251 e. The fourth-order valence-electron chi connectivity index (χ4n) is 4.34. The van der Waals surface area contributed by atoms with Gasteiger partial charge >= 0.3 is 0 Å². The lowest BCUT2D eigenvalue weighted by Crippen LogP contribution is -2.31. The summed E-state index contributed by atoms with van der Waals surface area (Å²) >= 11 is 6.23. The van der Waals surface area contributed by atoms with Crippen molar-refractivity contribution in [1.29, 1.82) is 0 Å². The Kier molecular flexibility index (Phi) is 6.63. The van der Waals surface area contributed by atoms with E-state index in [2.05, 4.69) is 23.5 Å². The second-order valence-corrected chi connectivity index (χ2v) is 8.84. The average molecular weight is 473 g/mol. The number of hydrogen-bond acceptors (Lipinski definition) is 4. The molecule has 2 aliphatic rings. The van der Waals surface area contributed by atoms with Gasteiger partial charge in [0.15, 0.2) is 0 Å². The van der Waals surface area contributed by atoms with Crippen LogP contribution in [0.5, 0.6) is 0 Å². The Morgan fingerprint density at radius 2 is 1.88 bits per heavy atom. The van der Waals surface area contributed by atoms with Gasteiger partial charge in [0.25, 0.3) is 5.91 Å². The van der Waals surface area contributed by atoms with E-state index in [-0.39, 0.29) is 18.6 Å². The minimum atomic E-state index is -0.127. The Balaban J connectivity index is 1.27. The lowest BCUT2D eigenvalue weighted by molar-refractivity contribution is 0.0698. The van der Waals surface area contributed by atoms with Gasteiger partial charge in [-0.15, -0.1) is 0 Å². The van der Waals surface area contributed by atoms with Crippen molar-refractivity contribution in [3.63, 3.8) is 0 Å². The summed E-state index contributed by atoms with van der Waals surface area (Å²) in [5.74, 6) is 0.622. The number of aliphatic imine (C=N–C) groups is 1. The highest BCUT2D eigenvalue weighted by Gasteiger charge is 2.22. The van der Waals surface area contributed by atoms with Gasteiger partial charge in [-0.1, -0.05) is 60.1 Å². The molecule has 2 heterocycles.